The molecule has 2 fully saturated rings. The largest absolute Gasteiger partial charge is 0.459 e. The highest BCUT2D eigenvalue weighted by molar-refractivity contribution is 7.18. The van der Waals surface area contributed by atoms with Crippen LogP contribution in [0, 0.1) is 6.92 Å². The Hall–Kier alpha value is -1.83. The number of carbonyl (C=O) groups excluding carboxylic acids is 2. The van der Waals surface area contributed by atoms with Crippen LogP contribution in [0.15, 0.2) is 28.9 Å². The van der Waals surface area contributed by atoms with E-state index in [2.05, 4.69) is 10.6 Å². The van der Waals surface area contributed by atoms with Gasteiger partial charge in [0.1, 0.15) is 0 Å². The Labute approximate surface area is 162 Å². The lowest BCUT2D eigenvalue weighted by Crippen LogP contribution is -2.38. The summed E-state index contributed by atoms with van der Waals surface area (Å²) < 4.78 is 5.10. The van der Waals surface area contributed by atoms with Crippen LogP contribution in [0.2, 0.25) is 0 Å². The van der Waals surface area contributed by atoms with Gasteiger partial charge in [-0.05, 0) is 49.9 Å². The van der Waals surface area contributed by atoms with Crippen molar-refractivity contribution in [3.05, 3.63) is 40.7 Å². The van der Waals surface area contributed by atoms with E-state index in [1.807, 2.05) is 17.9 Å². The van der Waals surface area contributed by atoms with Gasteiger partial charge in [-0.2, -0.15) is 0 Å². The molecular formula is C18H22ClN3O3S. The Kier molecular flexibility index (Phi) is 5.70. The van der Waals surface area contributed by atoms with Crippen LogP contribution < -0.4 is 10.6 Å². The molecule has 2 unspecified atom stereocenters. The second kappa shape index (κ2) is 7.82. The molecule has 140 valence electrons. The zero-order valence-corrected chi connectivity index (χ0v) is 16.1. The highest BCUT2D eigenvalue weighted by Crippen LogP contribution is 2.30. The number of likely N-dealkylation sites (tertiary alicyclic amines) is 1. The van der Waals surface area contributed by atoms with Crippen LogP contribution in [0.25, 0.3) is 0 Å². The molecular weight excluding hydrogens is 374 g/mol. The maximum atomic E-state index is 13.0. The molecule has 0 aliphatic carbocycles. The molecule has 2 N–H and O–H groups in total. The summed E-state index contributed by atoms with van der Waals surface area (Å²) in [6.07, 6.45) is 4.83. The van der Waals surface area contributed by atoms with E-state index in [0.717, 1.165) is 31.5 Å². The predicted molar refractivity (Wildman–Crippen MR) is 103 cm³/mol. The molecule has 2 saturated heterocycles. The number of furan rings is 1. The van der Waals surface area contributed by atoms with Crippen molar-refractivity contribution >= 4 is 40.6 Å². The smallest absolute Gasteiger partial charge is 0.291 e. The molecule has 26 heavy (non-hydrogen) atoms. The van der Waals surface area contributed by atoms with Crippen molar-refractivity contribution in [3.8, 4) is 0 Å². The molecule has 4 rings (SSSR count). The van der Waals surface area contributed by atoms with Gasteiger partial charge in [0.05, 0.1) is 16.1 Å². The number of amides is 2. The number of nitrogens with zero attached hydrogens (tertiary/aromatic N) is 1. The van der Waals surface area contributed by atoms with Crippen LogP contribution in [0.3, 0.4) is 0 Å². The number of thiophene rings is 1. The first-order valence-electron chi connectivity index (χ1n) is 8.61. The fourth-order valence-electron chi connectivity index (χ4n) is 3.61. The van der Waals surface area contributed by atoms with Crippen molar-refractivity contribution in [1.82, 2.24) is 10.2 Å². The van der Waals surface area contributed by atoms with E-state index in [1.165, 1.54) is 24.0 Å². The highest BCUT2D eigenvalue weighted by Gasteiger charge is 2.32. The third-order valence-electron chi connectivity index (χ3n) is 4.90. The fraction of sp³-hybridized carbons (Fsp3) is 0.444. The Morgan fingerprint density at radius 1 is 1.31 bits per heavy atom. The molecule has 2 atom stereocenters. The summed E-state index contributed by atoms with van der Waals surface area (Å²) in [6.45, 7) is 3.47. The molecule has 0 aromatic carbocycles. The van der Waals surface area contributed by atoms with E-state index in [9.17, 15) is 9.59 Å². The molecule has 0 radical (unpaired) electrons. The Morgan fingerprint density at radius 3 is 2.88 bits per heavy atom. The quantitative estimate of drug-likeness (QED) is 0.836. The van der Waals surface area contributed by atoms with Gasteiger partial charge < -0.3 is 20.0 Å². The van der Waals surface area contributed by atoms with E-state index < -0.39 is 0 Å². The third-order valence-corrected chi connectivity index (χ3v) is 6.04. The molecule has 2 bridgehead atoms. The van der Waals surface area contributed by atoms with Crippen molar-refractivity contribution < 1.29 is 14.0 Å². The minimum absolute atomic E-state index is 0. The van der Waals surface area contributed by atoms with E-state index in [0.29, 0.717) is 22.0 Å². The Bertz CT molecular complexity index is 790. The standard InChI is InChI=1S/C18H21N3O3S.ClH/c1-11-9-15(20-17(22)14-3-2-8-24-14)25-16(11)18(23)21-7-6-12-4-5-13(10-21)19-12;/h2-3,8-9,12-13,19H,4-7,10H2,1H3,(H,20,22);1H. The first-order valence-corrected chi connectivity index (χ1v) is 9.42. The first kappa shape index (κ1) is 18.9. The number of carbonyl (C=O) groups is 2. The summed E-state index contributed by atoms with van der Waals surface area (Å²) in [5, 5.41) is 7.06. The molecule has 2 amide bonds. The summed E-state index contributed by atoms with van der Waals surface area (Å²) in [5.74, 6) is 0.0189. The number of hydrogen-bond acceptors (Lipinski definition) is 5. The lowest BCUT2D eigenvalue weighted by Gasteiger charge is -2.24. The molecule has 0 saturated carbocycles. The lowest BCUT2D eigenvalue weighted by molar-refractivity contribution is 0.0752. The normalized spacial score (nSPS) is 21.8. The van der Waals surface area contributed by atoms with Crippen LogP contribution >= 0.6 is 23.7 Å². The number of fused-ring (bicyclic) bond motifs is 2. The monoisotopic (exact) mass is 395 g/mol. The van der Waals surface area contributed by atoms with Gasteiger partial charge in [0.2, 0.25) is 0 Å². The van der Waals surface area contributed by atoms with Crippen LogP contribution in [-0.4, -0.2) is 41.9 Å². The first-order chi connectivity index (χ1) is 12.1. The van der Waals surface area contributed by atoms with Crippen molar-refractivity contribution in [2.75, 3.05) is 18.4 Å². The molecule has 6 nitrogen and oxygen atoms in total. The zero-order valence-electron chi connectivity index (χ0n) is 14.5. The van der Waals surface area contributed by atoms with E-state index in [1.54, 1.807) is 12.1 Å². The van der Waals surface area contributed by atoms with Crippen molar-refractivity contribution in [2.45, 2.75) is 38.3 Å². The number of rotatable bonds is 3. The van der Waals surface area contributed by atoms with Gasteiger partial charge in [-0.3, -0.25) is 9.59 Å². The summed E-state index contributed by atoms with van der Waals surface area (Å²) in [7, 11) is 0. The van der Waals surface area contributed by atoms with Crippen LogP contribution in [0.1, 0.15) is 45.1 Å². The van der Waals surface area contributed by atoms with Gasteiger partial charge in [0, 0.05) is 25.2 Å². The fourth-order valence-corrected chi connectivity index (χ4v) is 4.64. The summed E-state index contributed by atoms with van der Waals surface area (Å²) in [4.78, 5) is 27.7. The molecule has 2 aromatic rings. The SMILES string of the molecule is Cc1cc(NC(=O)c2ccco2)sc1C(=O)N1CCC2CCC(C1)N2.Cl. The van der Waals surface area contributed by atoms with Gasteiger partial charge >= 0.3 is 0 Å². The average Bonchev–Trinajstić information content (AvgIpc) is 3.28. The van der Waals surface area contributed by atoms with Crippen molar-refractivity contribution in [2.24, 2.45) is 0 Å². The second-order valence-corrected chi connectivity index (χ2v) is 7.78. The van der Waals surface area contributed by atoms with Gasteiger partial charge in [0.15, 0.2) is 5.76 Å². The Balaban J connectivity index is 0.00000196. The second-order valence-electron chi connectivity index (χ2n) is 6.73. The van der Waals surface area contributed by atoms with Gasteiger partial charge in [-0.25, -0.2) is 0 Å². The number of nitrogens with one attached hydrogen (secondary N) is 2. The lowest BCUT2D eigenvalue weighted by atomic mass is 10.1. The van der Waals surface area contributed by atoms with Crippen molar-refractivity contribution in [3.63, 3.8) is 0 Å². The van der Waals surface area contributed by atoms with Gasteiger partial charge in [0.25, 0.3) is 11.8 Å². The predicted octanol–water partition coefficient (Wildman–Crippen LogP) is 3.29. The highest BCUT2D eigenvalue weighted by atomic mass is 35.5. The number of aryl methyl sites for hydroxylation is 1. The van der Waals surface area contributed by atoms with Gasteiger partial charge in [-0.1, -0.05) is 0 Å². The van der Waals surface area contributed by atoms with Crippen LogP contribution in [0.4, 0.5) is 5.00 Å². The van der Waals surface area contributed by atoms with E-state index in [-0.39, 0.29) is 30.0 Å². The molecule has 2 aromatic heterocycles. The maximum absolute atomic E-state index is 13.0. The number of halogens is 1. The van der Waals surface area contributed by atoms with E-state index >= 15 is 0 Å². The summed E-state index contributed by atoms with van der Waals surface area (Å²) in [5.41, 5.74) is 0.895. The zero-order chi connectivity index (χ0) is 17.4. The van der Waals surface area contributed by atoms with E-state index in [4.69, 9.17) is 4.42 Å². The maximum Gasteiger partial charge on any atom is 0.291 e. The minimum atomic E-state index is -0.304. The number of anilines is 1. The molecule has 2 aliphatic rings. The van der Waals surface area contributed by atoms with Crippen LogP contribution in [0.5, 0.6) is 0 Å². The Morgan fingerprint density at radius 2 is 2.12 bits per heavy atom. The molecule has 0 spiro atoms. The minimum Gasteiger partial charge on any atom is -0.459 e. The summed E-state index contributed by atoms with van der Waals surface area (Å²) >= 11 is 1.33. The number of hydrogen-bond donors (Lipinski definition) is 2. The third kappa shape index (κ3) is 3.79. The topological polar surface area (TPSA) is 74.6 Å². The summed E-state index contributed by atoms with van der Waals surface area (Å²) in [6, 6.07) is 6.09. The van der Waals surface area contributed by atoms with Gasteiger partial charge in [-0.15, -0.1) is 23.7 Å². The van der Waals surface area contributed by atoms with Crippen molar-refractivity contribution in [1.29, 1.82) is 0 Å². The van der Waals surface area contributed by atoms with Crippen LogP contribution in [-0.2, 0) is 0 Å². The molecule has 8 heteroatoms. The molecule has 2 aliphatic heterocycles. The average molecular weight is 396 g/mol. The molecule has 4 heterocycles.